The number of carboxylic acids is 1. The fourth-order valence-corrected chi connectivity index (χ4v) is 2.36. The third-order valence-corrected chi connectivity index (χ3v) is 3.26. The zero-order chi connectivity index (χ0) is 15.2. The molecule has 0 aromatic carbocycles. The first-order valence-electron chi connectivity index (χ1n) is 7.22. The van der Waals surface area contributed by atoms with Crippen LogP contribution in [0.4, 0.5) is 5.82 Å². The van der Waals surface area contributed by atoms with Crippen LogP contribution < -0.4 is 9.64 Å². The number of nitrogens with zero attached hydrogens (tertiary/aromatic N) is 4. The smallest absolute Gasteiger partial charge is 0.317 e. The highest BCUT2D eigenvalue weighted by Gasteiger charge is 2.18. The van der Waals surface area contributed by atoms with Crippen LogP contribution in [-0.4, -0.2) is 64.8 Å². The van der Waals surface area contributed by atoms with Crippen molar-refractivity contribution in [1.29, 1.82) is 0 Å². The van der Waals surface area contributed by atoms with E-state index >= 15 is 0 Å². The molecule has 0 aliphatic carbocycles. The molecule has 21 heavy (non-hydrogen) atoms. The van der Waals surface area contributed by atoms with Gasteiger partial charge in [0.15, 0.2) is 0 Å². The molecule has 7 nitrogen and oxygen atoms in total. The van der Waals surface area contributed by atoms with Crippen molar-refractivity contribution in [2.75, 3.05) is 37.6 Å². The monoisotopic (exact) mass is 294 g/mol. The minimum Gasteiger partial charge on any atom is -0.480 e. The summed E-state index contributed by atoms with van der Waals surface area (Å²) in [6.45, 7) is 7.13. The summed E-state index contributed by atoms with van der Waals surface area (Å²) in [5.74, 6) is 0.623. The molecule has 0 atom stereocenters. The lowest BCUT2D eigenvalue weighted by molar-refractivity contribution is -0.138. The molecule has 0 bridgehead atoms. The van der Waals surface area contributed by atoms with Crippen molar-refractivity contribution < 1.29 is 14.6 Å². The Bertz CT molecular complexity index is 481. The number of carbonyl (C=O) groups is 1. The maximum Gasteiger partial charge on any atom is 0.317 e. The van der Waals surface area contributed by atoms with E-state index in [-0.39, 0.29) is 12.6 Å². The molecule has 2 rings (SSSR count). The molecular weight excluding hydrogens is 272 g/mol. The van der Waals surface area contributed by atoms with E-state index in [9.17, 15) is 4.79 Å². The summed E-state index contributed by atoms with van der Waals surface area (Å²) in [6, 6.07) is 1.84. The lowest BCUT2D eigenvalue weighted by atomic mass is 10.3. The van der Waals surface area contributed by atoms with Gasteiger partial charge < -0.3 is 14.7 Å². The average molecular weight is 294 g/mol. The van der Waals surface area contributed by atoms with E-state index < -0.39 is 5.97 Å². The quantitative estimate of drug-likeness (QED) is 0.862. The van der Waals surface area contributed by atoms with E-state index in [1.54, 1.807) is 0 Å². The second-order valence-electron chi connectivity index (χ2n) is 5.39. The van der Waals surface area contributed by atoms with Gasteiger partial charge in [0.25, 0.3) is 0 Å². The standard InChI is InChI=1S/C14H22N4O3/c1-11(2)21-13-8-12(15-10-16-13)18-5-3-4-17(6-7-18)9-14(19)20/h8,10-11H,3-7,9H2,1-2H3,(H,19,20). The summed E-state index contributed by atoms with van der Waals surface area (Å²) in [5, 5.41) is 8.87. The molecule has 0 spiro atoms. The molecule has 1 aliphatic heterocycles. The number of aliphatic carboxylic acids is 1. The van der Waals surface area contributed by atoms with Gasteiger partial charge in [-0.15, -0.1) is 0 Å². The van der Waals surface area contributed by atoms with Gasteiger partial charge in [-0.2, -0.15) is 0 Å². The van der Waals surface area contributed by atoms with Gasteiger partial charge in [0.1, 0.15) is 12.1 Å². The van der Waals surface area contributed by atoms with Gasteiger partial charge in [0, 0.05) is 32.2 Å². The fourth-order valence-electron chi connectivity index (χ4n) is 2.36. The Morgan fingerprint density at radius 1 is 1.33 bits per heavy atom. The Kier molecular flexibility index (Phi) is 5.32. The van der Waals surface area contributed by atoms with Gasteiger partial charge >= 0.3 is 5.97 Å². The van der Waals surface area contributed by atoms with Gasteiger partial charge in [0.2, 0.25) is 5.88 Å². The molecule has 7 heteroatoms. The van der Waals surface area contributed by atoms with Crippen LogP contribution in [0.3, 0.4) is 0 Å². The minimum absolute atomic E-state index is 0.0722. The lowest BCUT2D eigenvalue weighted by Gasteiger charge is -2.22. The van der Waals surface area contributed by atoms with Crippen LogP contribution in [0.15, 0.2) is 12.4 Å². The van der Waals surface area contributed by atoms with Crippen molar-refractivity contribution in [2.24, 2.45) is 0 Å². The predicted molar refractivity (Wildman–Crippen MR) is 78.7 cm³/mol. The van der Waals surface area contributed by atoms with Gasteiger partial charge in [0.05, 0.1) is 12.6 Å². The average Bonchev–Trinajstić information content (AvgIpc) is 2.63. The number of hydrogen-bond donors (Lipinski definition) is 1. The zero-order valence-electron chi connectivity index (χ0n) is 12.5. The molecule has 1 saturated heterocycles. The third-order valence-electron chi connectivity index (χ3n) is 3.26. The van der Waals surface area contributed by atoms with Crippen molar-refractivity contribution in [3.05, 3.63) is 12.4 Å². The predicted octanol–water partition coefficient (Wildman–Crippen LogP) is 0.860. The molecule has 116 valence electrons. The van der Waals surface area contributed by atoms with Gasteiger partial charge in [-0.1, -0.05) is 0 Å². The number of anilines is 1. The molecular formula is C14H22N4O3. The Labute approximate surface area is 124 Å². The van der Waals surface area contributed by atoms with Crippen LogP contribution in [0.1, 0.15) is 20.3 Å². The highest BCUT2D eigenvalue weighted by atomic mass is 16.5. The first kappa shape index (κ1) is 15.5. The molecule has 2 heterocycles. The number of rotatable bonds is 5. The maximum absolute atomic E-state index is 10.8. The number of aromatic nitrogens is 2. The van der Waals surface area contributed by atoms with Crippen LogP contribution in [0.5, 0.6) is 5.88 Å². The van der Waals surface area contributed by atoms with Gasteiger partial charge in [-0.3, -0.25) is 9.69 Å². The third kappa shape index (κ3) is 4.86. The summed E-state index contributed by atoms with van der Waals surface area (Å²) in [6.07, 6.45) is 2.49. The van der Waals surface area contributed by atoms with Gasteiger partial charge in [-0.25, -0.2) is 9.97 Å². The zero-order valence-corrected chi connectivity index (χ0v) is 12.5. The topological polar surface area (TPSA) is 78.8 Å². The van der Waals surface area contributed by atoms with Crippen LogP contribution in [0.25, 0.3) is 0 Å². The fraction of sp³-hybridized carbons (Fsp3) is 0.643. The van der Waals surface area contributed by atoms with Crippen LogP contribution in [-0.2, 0) is 4.79 Å². The largest absolute Gasteiger partial charge is 0.480 e. The van der Waals surface area contributed by atoms with E-state index in [1.165, 1.54) is 6.33 Å². The Balaban J connectivity index is 2.00. The minimum atomic E-state index is -0.780. The molecule has 0 radical (unpaired) electrons. The van der Waals surface area contributed by atoms with Crippen molar-refractivity contribution in [1.82, 2.24) is 14.9 Å². The molecule has 0 unspecified atom stereocenters. The molecule has 1 aliphatic rings. The molecule has 1 aromatic heterocycles. The van der Waals surface area contributed by atoms with Crippen molar-refractivity contribution >= 4 is 11.8 Å². The van der Waals surface area contributed by atoms with Crippen LogP contribution in [0, 0.1) is 0 Å². The summed E-state index contributed by atoms with van der Waals surface area (Å²) in [4.78, 5) is 23.3. The maximum atomic E-state index is 10.8. The van der Waals surface area contributed by atoms with E-state index in [0.717, 1.165) is 38.4 Å². The highest BCUT2D eigenvalue weighted by Crippen LogP contribution is 2.18. The molecule has 0 saturated carbocycles. The van der Waals surface area contributed by atoms with E-state index in [0.29, 0.717) is 5.88 Å². The Morgan fingerprint density at radius 2 is 2.14 bits per heavy atom. The lowest BCUT2D eigenvalue weighted by Crippen LogP contribution is -2.34. The SMILES string of the molecule is CC(C)Oc1cc(N2CCCN(CC(=O)O)CC2)ncn1. The van der Waals surface area contributed by atoms with Crippen molar-refractivity contribution in [3.63, 3.8) is 0 Å². The summed E-state index contributed by atoms with van der Waals surface area (Å²) >= 11 is 0. The van der Waals surface area contributed by atoms with E-state index in [4.69, 9.17) is 9.84 Å². The Morgan fingerprint density at radius 3 is 2.86 bits per heavy atom. The van der Waals surface area contributed by atoms with Crippen LogP contribution in [0.2, 0.25) is 0 Å². The first-order chi connectivity index (χ1) is 10.0. The second kappa shape index (κ2) is 7.21. The number of ether oxygens (including phenoxy) is 1. The normalized spacial score (nSPS) is 16.8. The number of carboxylic acid groups (broad SMARTS) is 1. The Hall–Kier alpha value is -1.89. The highest BCUT2D eigenvalue weighted by molar-refractivity contribution is 5.69. The number of hydrogen-bond acceptors (Lipinski definition) is 6. The van der Waals surface area contributed by atoms with Crippen molar-refractivity contribution in [2.45, 2.75) is 26.4 Å². The molecule has 1 fully saturated rings. The summed E-state index contributed by atoms with van der Waals surface area (Å²) < 4.78 is 5.58. The summed E-state index contributed by atoms with van der Waals surface area (Å²) in [7, 11) is 0. The van der Waals surface area contributed by atoms with E-state index in [1.807, 2.05) is 24.8 Å². The summed E-state index contributed by atoms with van der Waals surface area (Å²) in [5.41, 5.74) is 0. The van der Waals surface area contributed by atoms with E-state index in [2.05, 4.69) is 14.9 Å². The second-order valence-corrected chi connectivity index (χ2v) is 5.39. The first-order valence-corrected chi connectivity index (χ1v) is 7.22. The molecule has 1 aromatic rings. The van der Waals surface area contributed by atoms with Crippen molar-refractivity contribution in [3.8, 4) is 5.88 Å². The molecule has 0 amide bonds. The molecule has 1 N–H and O–H groups in total. The van der Waals surface area contributed by atoms with Crippen LogP contribution >= 0.6 is 0 Å². The van der Waals surface area contributed by atoms with Gasteiger partial charge in [-0.05, 0) is 20.3 Å².